The Balaban J connectivity index is 2.21. The molecular formula is C11H11FN4O. The van der Waals surface area contributed by atoms with Gasteiger partial charge in [-0.05, 0) is 30.7 Å². The highest BCUT2D eigenvalue weighted by molar-refractivity contribution is 6.07. The number of H-pyrrole nitrogens is 1. The number of hydrogen-bond donors (Lipinski definition) is 3. The van der Waals surface area contributed by atoms with Gasteiger partial charge in [0, 0.05) is 5.69 Å². The molecule has 1 aromatic carbocycles. The van der Waals surface area contributed by atoms with Crippen molar-refractivity contribution in [1.82, 2.24) is 10.2 Å². The van der Waals surface area contributed by atoms with Gasteiger partial charge in [0.15, 0.2) is 0 Å². The van der Waals surface area contributed by atoms with Gasteiger partial charge in [0.05, 0.1) is 6.20 Å². The standard InChI is InChI=1S/C11H11FN4O/c1-6-2-7(12)4-8(3-6)15-11(17)9-5-14-16-10(9)13/h2-5H,1H3,(H,15,17)(H3,13,14,16). The second-order valence-corrected chi connectivity index (χ2v) is 3.67. The van der Waals surface area contributed by atoms with E-state index in [9.17, 15) is 9.18 Å². The molecule has 1 heterocycles. The zero-order valence-corrected chi connectivity index (χ0v) is 9.12. The molecule has 1 amide bonds. The molecule has 0 radical (unpaired) electrons. The van der Waals surface area contributed by atoms with Crippen LogP contribution in [0.5, 0.6) is 0 Å². The number of carbonyl (C=O) groups is 1. The van der Waals surface area contributed by atoms with Gasteiger partial charge < -0.3 is 11.1 Å². The average molecular weight is 234 g/mol. The maximum atomic E-state index is 13.1. The smallest absolute Gasteiger partial charge is 0.261 e. The Morgan fingerprint density at radius 1 is 1.47 bits per heavy atom. The molecule has 0 bridgehead atoms. The molecule has 4 N–H and O–H groups in total. The summed E-state index contributed by atoms with van der Waals surface area (Å²) in [5.74, 6) is -0.655. The van der Waals surface area contributed by atoms with Crippen LogP contribution in [0.1, 0.15) is 15.9 Å². The number of nitrogens with zero attached hydrogens (tertiary/aromatic N) is 1. The van der Waals surface area contributed by atoms with E-state index in [2.05, 4.69) is 15.5 Å². The zero-order chi connectivity index (χ0) is 12.4. The predicted molar refractivity (Wildman–Crippen MR) is 62.1 cm³/mol. The van der Waals surface area contributed by atoms with E-state index in [0.29, 0.717) is 5.69 Å². The van der Waals surface area contributed by atoms with Gasteiger partial charge in [-0.25, -0.2) is 4.39 Å². The first kappa shape index (κ1) is 11.1. The van der Waals surface area contributed by atoms with E-state index in [0.717, 1.165) is 5.56 Å². The number of nitrogen functional groups attached to an aromatic ring is 1. The third kappa shape index (κ3) is 2.41. The van der Waals surface area contributed by atoms with Gasteiger partial charge in [0.2, 0.25) is 0 Å². The fraction of sp³-hybridized carbons (Fsp3) is 0.0909. The first-order chi connectivity index (χ1) is 8.06. The van der Waals surface area contributed by atoms with Crippen LogP contribution in [0, 0.1) is 12.7 Å². The lowest BCUT2D eigenvalue weighted by Gasteiger charge is -2.05. The van der Waals surface area contributed by atoms with Crippen LogP contribution in [0.15, 0.2) is 24.4 Å². The maximum absolute atomic E-state index is 13.1. The third-order valence-corrected chi connectivity index (χ3v) is 2.21. The van der Waals surface area contributed by atoms with Crippen LogP contribution in [-0.2, 0) is 0 Å². The number of aryl methyl sites for hydroxylation is 1. The number of nitrogens with two attached hydrogens (primary N) is 1. The normalized spacial score (nSPS) is 10.2. The SMILES string of the molecule is Cc1cc(F)cc(NC(=O)c2cn[nH]c2N)c1. The minimum Gasteiger partial charge on any atom is -0.383 e. The second-order valence-electron chi connectivity index (χ2n) is 3.67. The average Bonchev–Trinajstić information content (AvgIpc) is 2.62. The quantitative estimate of drug-likeness (QED) is 0.739. The van der Waals surface area contributed by atoms with Gasteiger partial charge in [0.25, 0.3) is 5.91 Å². The molecule has 0 atom stereocenters. The van der Waals surface area contributed by atoms with E-state index in [4.69, 9.17) is 5.73 Å². The molecular weight excluding hydrogens is 223 g/mol. The van der Waals surface area contributed by atoms with Crippen LogP contribution >= 0.6 is 0 Å². The molecule has 0 saturated heterocycles. The summed E-state index contributed by atoms with van der Waals surface area (Å²) in [6.45, 7) is 1.74. The molecule has 0 saturated carbocycles. The van der Waals surface area contributed by atoms with Crippen molar-refractivity contribution in [3.05, 3.63) is 41.3 Å². The zero-order valence-electron chi connectivity index (χ0n) is 9.12. The maximum Gasteiger partial charge on any atom is 0.261 e. The predicted octanol–water partition coefficient (Wildman–Crippen LogP) is 1.69. The largest absolute Gasteiger partial charge is 0.383 e. The van der Waals surface area contributed by atoms with E-state index < -0.39 is 11.7 Å². The second kappa shape index (κ2) is 4.25. The molecule has 0 aliphatic heterocycles. The van der Waals surface area contributed by atoms with Crippen molar-refractivity contribution in [3.63, 3.8) is 0 Å². The summed E-state index contributed by atoms with van der Waals surface area (Å²) in [5.41, 5.74) is 6.84. The van der Waals surface area contributed by atoms with Crippen LogP contribution in [0.4, 0.5) is 15.9 Å². The van der Waals surface area contributed by atoms with E-state index in [1.54, 1.807) is 13.0 Å². The molecule has 88 valence electrons. The minimum atomic E-state index is -0.429. The van der Waals surface area contributed by atoms with E-state index >= 15 is 0 Å². The highest BCUT2D eigenvalue weighted by Crippen LogP contribution is 2.15. The minimum absolute atomic E-state index is 0.177. The van der Waals surface area contributed by atoms with Crippen molar-refractivity contribution in [2.75, 3.05) is 11.1 Å². The van der Waals surface area contributed by atoms with Gasteiger partial charge in [-0.1, -0.05) is 0 Å². The van der Waals surface area contributed by atoms with Crippen LogP contribution in [0.25, 0.3) is 0 Å². The van der Waals surface area contributed by atoms with Crippen molar-refractivity contribution in [3.8, 4) is 0 Å². The molecule has 0 fully saturated rings. The monoisotopic (exact) mass is 234 g/mol. The lowest BCUT2D eigenvalue weighted by molar-refractivity contribution is 0.102. The topological polar surface area (TPSA) is 83.8 Å². The molecule has 0 unspecified atom stereocenters. The van der Waals surface area contributed by atoms with Gasteiger partial charge in [-0.15, -0.1) is 0 Å². The molecule has 0 spiro atoms. The van der Waals surface area contributed by atoms with Gasteiger partial charge in [-0.3, -0.25) is 9.89 Å². The summed E-state index contributed by atoms with van der Waals surface area (Å²) >= 11 is 0. The first-order valence-electron chi connectivity index (χ1n) is 4.93. The van der Waals surface area contributed by atoms with E-state index in [1.165, 1.54) is 18.3 Å². The van der Waals surface area contributed by atoms with Crippen LogP contribution < -0.4 is 11.1 Å². The Kier molecular flexibility index (Phi) is 2.78. The molecule has 17 heavy (non-hydrogen) atoms. The molecule has 0 aliphatic carbocycles. The fourth-order valence-electron chi connectivity index (χ4n) is 1.48. The summed E-state index contributed by atoms with van der Waals surface area (Å²) < 4.78 is 13.1. The number of carbonyl (C=O) groups excluding carboxylic acids is 1. The molecule has 5 nitrogen and oxygen atoms in total. The third-order valence-electron chi connectivity index (χ3n) is 2.21. The molecule has 1 aromatic heterocycles. The van der Waals surface area contributed by atoms with Gasteiger partial charge in [-0.2, -0.15) is 5.10 Å². The highest BCUT2D eigenvalue weighted by atomic mass is 19.1. The van der Waals surface area contributed by atoms with Crippen molar-refractivity contribution in [1.29, 1.82) is 0 Å². The van der Waals surface area contributed by atoms with Crippen LogP contribution in [0.2, 0.25) is 0 Å². The number of aromatic nitrogens is 2. The number of halogens is 1. The highest BCUT2D eigenvalue weighted by Gasteiger charge is 2.12. The number of rotatable bonds is 2. The number of anilines is 2. The van der Waals surface area contributed by atoms with Gasteiger partial charge in [0.1, 0.15) is 17.2 Å². The van der Waals surface area contributed by atoms with Crippen molar-refractivity contribution in [2.24, 2.45) is 0 Å². The Labute approximate surface area is 96.8 Å². The Hall–Kier alpha value is -2.37. The Morgan fingerprint density at radius 2 is 2.24 bits per heavy atom. The summed E-state index contributed by atoms with van der Waals surface area (Å²) in [7, 11) is 0. The fourth-order valence-corrected chi connectivity index (χ4v) is 1.48. The molecule has 6 heteroatoms. The molecule has 0 aliphatic rings. The summed E-state index contributed by atoms with van der Waals surface area (Å²) in [6, 6.07) is 4.28. The summed E-state index contributed by atoms with van der Waals surface area (Å²) in [6.07, 6.45) is 1.32. The number of hydrogen-bond acceptors (Lipinski definition) is 3. The number of aromatic amines is 1. The number of amides is 1. The Bertz CT molecular complexity index is 544. The van der Waals surface area contributed by atoms with Crippen molar-refractivity contribution >= 4 is 17.4 Å². The molecule has 2 rings (SSSR count). The molecule has 2 aromatic rings. The van der Waals surface area contributed by atoms with Crippen LogP contribution in [-0.4, -0.2) is 16.1 Å². The first-order valence-corrected chi connectivity index (χ1v) is 4.93. The van der Waals surface area contributed by atoms with Crippen molar-refractivity contribution in [2.45, 2.75) is 6.92 Å². The number of benzene rings is 1. The Morgan fingerprint density at radius 3 is 2.82 bits per heavy atom. The van der Waals surface area contributed by atoms with Gasteiger partial charge >= 0.3 is 0 Å². The van der Waals surface area contributed by atoms with Crippen molar-refractivity contribution < 1.29 is 9.18 Å². The van der Waals surface area contributed by atoms with E-state index in [1.807, 2.05) is 0 Å². The number of nitrogens with one attached hydrogen (secondary N) is 2. The van der Waals surface area contributed by atoms with Crippen LogP contribution in [0.3, 0.4) is 0 Å². The lowest BCUT2D eigenvalue weighted by Crippen LogP contribution is -2.13. The van der Waals surface area contributed by atoms with E-state index in [-0.39, 0.29) is 11.4 Å². The summed E-state index contributed by atoms with van der Waals surface area (Å²) in [4.78, 5) is 11.7. The summed E-state index contributed by atoms with van der Waals surface area (Å²) in [5, 5.41) is 8.63. The lowest BCUT2D eigenvalue weighted by atomic mass is 10.2.